The second kappa shape index (κ2) is 15.5. The van der Waals surface area contributed by atoms with Crippen LogP contribution < -0.4 is 10.6 Å². The lowest BCUT2D eigenvalue weighted by molar-refractivity contribution is 0.0987. The minimum Gasteiger partial charge on any atom is -0.387 e. The van der Waals surface area contributed by atoms with Crippen molar-refractivity contribution < 1.29 is 9.47 Å². The van der Waals surface area contributed by atoms with E-state index in [4.69, 9.17) is 9.47 Å². The molecule has 0 radical (unpaired) electrons. The Kier molecular flexibility index (Phi) is 12.1. The lowest BCUT2D eigenvalue weighted by atomic mass is 9.86. The van der Waals surface area contributed by atoms with Gasteiger partial charge in [-0.05, 0) is 12.8 Å². The van der Waals surface area contributed by atoms with Crippen molar-refractivity contribution in [1.82, 2.24) is 10.6 Å². The highest BCUT2D eigenvalue weighted by Crippen LogP contribution is 2.33. The van der Waals surface area contributed by atoms with E-state index in [-0.39, 0.29) is 23.4 Å². The Balaban J connectivity index is 1.91. The lowest BCUT2D eigenvalue weighted by Gasteiger charge is -2.27. The minimum atomic E-state index is -0.203. The van der Waals surface area contributed by atoms with Gasteiger partial charge in [-0.25, -0.2) is 0 Å². The topological polar surface area (TPSA) is 185 Å². The van der Waals surface area contributed by atoms with E-state index in [2.05, 4.69) is 22.8 Å². The molecular weight excluding hydrogens is 480 g/mol. The van der Waals surface area contributed by atoms with Crippen molar-refractivity contribution in [2.24, 2.45) is 0 Å². The average Bonchev–Trinajstić information content (AvgIpc) is 2.95. The Hall–Kier alpha value is -4.58. The number of nitriles is 6. The van der Waals surface area contributed by atoms with Gasteiger partial charge in [-0.3, -0.25) is 0 Å². The van der Waals surface area contributed by atoms with Crippen molar-refractivity contribution in [3.8, 4) is 36.4 Å². The Bertz CT molecular complexity index is 1150. The Labute approximate surface area is 224 Å². The van der Waals surface area contributed by atoms with Crippen LogP contribution in [0.1, 0.15) is 51.4 Å². The summed E-state index contributed by atoms with van der Waals surface area (Å²) in [5.41, 5.74) is 2.86. The van der Waals surface area contributed by atoms with Crippen molar-refractivity contribution in [3.63, 3.8) is 0 Å². The van der Waals surface area contributed by atoms with Gasteiger partial charge in [0.05, 0.1) is 23.4 Å². The van der Waals surface area contributed by atoms with Gasteiger partial charge in [0, 0.05) is 75.5 Å². The molecule has 0 aromatic carbocycles. The van der Waals surface area contributed by atoms with Crippen molar-refractivity contribution in [1.29, 1.82) is 31.6 Å². The third kappa shape index (κ3) is 7.46. The Morgan fingerprint density at radius 2 is 1.00 bits per heavy atom. The van der Waals surface area contributed by atoms with Crippen LogP contribution in [0.5, 0.6) is 0 Å². The molecule has 0 saturated carbocycles. The van der Waals surface area contributed by atoms with Crippen LogP contribution >= 0.6 is 0 Å². The fraction of sp³-hybridized carbons (Fsp3) is 0.500. The maximum atomic E-state index is 9.67. The summed E-state index contributed by atoms with van der Waals surface area (Å²) >= 11 is 0. The van der Waals surface area contributed by atoms with Crippen LogP contribution in [0.15, 0.2) is 44.8 Å². The highest BCUT2D eigenvalue weighted by Gasteiger charge is 2.28. The maximum Gasteiger partial charge on any atom is 0.134 e. The number of hydrogen-bond donors (Lipinski definition) is 2. The molecule has 2 unspecified atom stereocenters. The van der Waals surface area contributed by atoms with E-state index in [9.17, 15) is 31.6 Å². The van der Waals surface area contributed by atoms with Crippen LogP contribution in [0.3, 0.4) is 0 Å². The molecule has 2 aliphatic rings. The zero-order chi connectivity index (χ0) is 27.9. The van der Waals surface area contributed by atoms with Gasteiger partial charge in [0.1, 0.15) is 47.6 Å². The van der Waals surface area contributed by atoms with Crippen molar-refractivity contribution in [2.75, 3.05) is 27.3 Å². The summed E-state index contributed by atoms with van der Waals surface area (Å²) < 4.78 is 10.9. The first kappa shape index (κ1) is 29.6. The highest BCUT2D eigenvalue weighted by atomic mass is 16.5. The van der Waals surface area contributed by atoms with Crippen molar-refractivity contribution in [2.45, 2.75) is 63.6 Å². The second-order valence-electron chi connectivity index (χ2n) is 8.88. The summed E-state index contributed by atoms with van der Waals surface area (Å²) in [6, 6.07) is 11.8. The van der Waals surface area contributed by atoms with Gasteiger partial charge in [0.15, 0.2) is 0 Å². The quantitative estimate of drug-likeness (QED) is 0.307. The Morgan fingerprint density at radius 3 is 1.29 bits per heavy atom. The predicted molar refractivity (Wildman–Crippen MR) is 136 cm³/mol. The first-order valence-corrected chi connectivity index (χ1v) is 12.4. The number of unbranched alkanes of at least 4 members (excludes halogenated alkanes) is 3. The number of nitrogens with zero attached hydrogens (tertiary/aromatic N) is 6. The molecule has 0 bridgehead atoms. The standard InChI is InChI=1S/C28H30N8O2/c1-37-21-9-23(19(13-29)14-30)25(17-33)27(11-21)35-7-5-3-4-6-8-36-28-12-22(38-2)10-24(26(28)18-34)20(15-31)16-32/h21-22,35-36H,3-12H2,1-2H3. The van der Waals surface area contributed by atoms with E-state index in [1.807, 2.05) is 24.3 Å². The third-order valence-corrected chi connectivity index (χ3v) is 6.66. The first-order valence-electron chi connectivity index (χ1n) is 12.4. The number of ether oxygens (including phenoxy) is 2. The van der Waals surface area contributed by atoms with Crippen LogP contribution in [-0.2, 0) is 9.47 Å². The fourth-order valence-corrected chi connectivity index (χ4v) is 4.61. The molecule has 0 aliphatic heterocycles. The molecule has 194 valence electrons. The Morgan fingerprint density at radius 1 is 0.632 bits per heavy atom. The maximum absolute atomic E-state index is 9.67. The zero-order valence-electron chi connectivity index (χ0n) is 21.7. The first-order chi connectivity index (χ1) is 18.5. The summed E-state index contributed by atoms with van der Waals surface area (Å²) in [7, 11) is 3.15. The second-order valence-corrected chi connectivity index (χ2v) is 8.88. The molecule has 0 heterocycles. The monoisotopic (exact) mass is 510 g/mol. The molecule has 0 aromatic rings. The molecule has 2 rings (SSSR count). The molecular formula is C28H30N8O2. The van der Waals surface area contributed by atoms with Gasteiger partial charge in [-0.1, -0.05) is 12.8 Å². The predicted octanol–water partition coefficient (Wildman–Crippen LogP) is 3.59. The highest BCUT2D eigenvalue weighted by molar-refractivity contribution is 5.58. The van der Waals surface area contributed by atoms with E-state index in [0.717, 1.165) is 25.7 Å². The van der Waals surface area contributed by atoms with E-state index < -0.39 is 0 Å². The van der Waals surface area contributed by atoms with Crippen molar-refractivity contribution in [3.05, 3.63) is 44.8 Å². The lowest BCUT2D eigenvalue weighted by Crippen LogP contribution is -2.28. The van der Waals surface area contributed by atoms with Crippen LogP contribution in [0.2, 0.25) is 0 Å². The molecule has 0 amide bonds. The molecule has 38 heavy (non-hydrogen) atoms. The van der Waals surface area contributed by atoms with Crippen molar-refractivity contribution >= 4 is 0 Å². The van der Waals surface area contributed by atoms with Gasteiger partial charge < -0.3 is 20.1 Å². The van der Waals surface area contributed by atoms with E-state index >= 15 is 0 Å². The fourth-order valence-electron chi connectivity index (χ4n) is 4.61. The van der Waals surface area contributed by atoms with Gasteiger partial charge in [-0.2, -0.15) is 31.6 Å². The van der Waals surface area contributed by atoms with Crippen LogP contribution in [0.4, 0.5) is 0 Å². The van der Waals surface area contributed by atoms with Crippen LogP contribution in [0, 0.1) is 68.0 Å². The van der Waals surface area contributed by atoms with Gasteiger partial charge in [-0.15, -0.1) is 0 Å². The molecule has 10 nitrogen and oxygen atoms in total. The van der Waals surface area contributed by atoms with Gasteiger partial charge >= 0.3 is 0 Å². The zero-order valence-corrected chi connectivity index (χ0v) is 21.7. The van der Waals surface area contributed by atoms with E-state index in [1.54, 1.807) is 14.2 Å². The van der Waals surface area contributed by atoms with Crippen LogP contribution in [0.25, 0.3) is 0 Å². The van der Waals surface area contributed by atoms with Crippen LogP contribution in [-0.4, -0.2) is 39.5 Å². The summed E-state index contributed by atoms with van der Waals surface area (Å²) in [6.07, 6.45) is 4.94. The molecule has 2 N–H and O–H groups in total. The minimum absolute atomic E-state index is 0.0568. The summed E-state index contributed by atoms with van der Waals surface area (Å²) in [5.74, 6) is 0. The SMILES string of the molecule is COC1CC(NCCCCCCNC2=C(C#N)C(=C(C#N)C#N)CC(OC)C2)=C(C#N)C(=C(C#N)C#N)C1. The molecule has 2 aliphatic carbocycles. The molecule has 0 fully saturated rings. The number of methoxy groups -OCH3 is 2. The van der Waals surface area contributed by atoms with E-state index in [1.165, 1.54) is 0 Å². The molecule has 0 spiro atoms. The summed E-state index contributed by atoms with van der Waals surface area (Å²) in [4.78, 5) is 0. The van der Waals surface area contributed by atoms with Gasteiger partial charge in [0.25, 0.3) is 0 Å². The summed E-state index contributed by atoms with van der Waals surface area (Å²) in [5, 5.41) is 63.0. The third-order valence-electron chi connectivity index (χ3n) is 6.66. The molecule has 0 saturated heterocycles. The smallest absolute Gasteiger partial charge is 0.134 e. The largest absolute Gasteiger partial charge is 0.387 e. The number of hydrogen-bond acceptors (Lipinski definition) is 10. The number of rotatable bonds is 11. The normalized spacial score (nSPS) is 18.7. The molecule has 10 heteroatoms. The summed E-state index contributed by atoms with van der Waals surface area (Å²) in [6.45, 7) is 1.29. The average molecular weight is 511 g/mol. The van der Waals surface area contributed by atoms with E-state index in [0.29, 0.717) is 72.5 Å². The number of nitrogens with one attached hydrogen (secondary N) is 2. The number of allylic oxidation sites excluding steroid dienone is 4. The molecule has 2 atom stereocenters. The molecule has 0 aromatic heterocycles. The van der Waals surface area contributed by atoms with Gasteiger partial charge in [0.2, 0.25) is 0 Å².